The Kier molecular flexibility index (Phi) is 2.48. The molecule has 0 saturated heterocycles. The first-order valence-electron chi connectivity index (χ1n) is 5.57. The molecule has 1 heterocycles. The van der Waals surface area contributed by atoms with E-state index in [9.17, 15) is 4.39 Å². The molecule has 1 aromatic heterocycles. The van der Waals surface area contributed by atoms with Crippen molar-refractivity contribution in [3.63, 3.8) is 0 Å². The number of nitrogens with one attached hydrogen (secondary N) is 1. The molecule has 0 unspecified atom stereocenters. The van der Waals surface area contributed by atoms with Crippen molar-refractivity contribution in [2.45, 2.75) is 0 Å². The Morgan fingerprint density at radius 2 is 1.94 bits per heavy atom. The molecule has 0 aliphatic rings. The van der Waals surface area contributed by atoms with Crippen LogP contribution in [0.1, 0.15) is 0 Å². The molecule has 2 aromatic carbocycles. The summed E-state index contributed by atoms with van der Waals surface area (Å²) in [6.07, 6.45) is 0. The second kappa shape index (κ2) is 4.14. The maximum absolute atomic E-state index is 13.6. The van der Waals surface area contributed by atoms with Crippen LogP contribution in [0.3, 0.4) is 0 Å². The first-order chi connectivity index (χ1) is 8.79. The highest BCUT2D eigenvalue weighted by Gasteiger charge is 2.13. The van der Waals surface area contributed by atoms with Gasteiger partial charge in [0.05, 0.1) is 23.7 Å². The van der Waals surface area contributed by atoms with E-state index in [2.05, 4.69) is 9.97 Å². The summed E-state index contributed by atoms with van der Waals surface area (Å²) < 4.78 is 18.7. The van der Waals surface area contributed by atoms with Crippen LogP contribution in [0.15, 0.2) is 42.5 Å². The van der Waals surface area contributed by atoms with Crippen LogP contribution in [0, 0.1) is 5.82 Å². The minimum absolute atomic E-state index is 0.205. The van der Waals surface area contributed by atoms with Gasteiger partial charge < -0.3 is 9.72 Å². The van der Waals surface area contributed by atoms with Crippen molar-refractivity contribution >= 4 is 11.0 Å². The van der Waals surface area contributed by atoms with Crippen LogP contribution in [-0.2, 0) is 0 Å². The number of para-hydroxylation sites is 3. The number of fused-ring (bicyclic) bond motifs is 1. The Hall–Kier alpha value is -2.36. The van der Waals surface area contributed by atoms with Crippen molar-refractivity contribution in [3.8, 4) is 17.1 Å². The molecule has 3 aromatic rings. The molecule has 0 bridgehead atoms. The predicted octanol–water partition coefficient (Wildman–Crippen LogP) is 3.38. The van der Waals surface area contributed by atoms with Crippen LogP contribution in [0.25, 0.3) is 22.4 Å². The quantitative estimate of drug-likeness (QED) is 0.748. The van der Waals surface area contributed by atoms with Gasteiger partial charge in [-0.15, -0.1) is 0 Å². The number of benzene rings is 2. The Labute approximate surface area is 103 Å². The van der Waals surface area contributed by atoms with Crippen LogP contribution in [0.4, 0.5) is 4.39 Å². The zero-order chi connectivity index (χ0) is 12.5. The Morgan fingerprint density at radius 1 is 1.11 bits per heavy atom. The average molecular weight is 242 g/mol. The number of aromatic nitrogens is 2. The Balaban J connectivity index is 2.23. The molecule has 18 heavy (non-hydrogen) atoms. The third kappa shape index (κ3) is 1.62. The van der Waals surface area contributed by atoms with Gasteiger partial charge in [0.1, 0.15) is 5.82 Å². The fourth-order valence-electron chi connectivity index (χ4n) is 1.98. The van der Waals surface area contributed by atoms with Gasteiger partial charge in [-0.05, 0) is 24.3 Å². The van der Waals surface area contributed by atoms with Gasteiger partial charge in [-0.1, -0.05) is 18.2 Å². The molecule has 90 valence electrons. The van der Waals surface area contributed by atoms with Crippen LogP contribution in [-0.4, -0.2) is 17.1 Å². The molecule has 1 N–H and O–H groups in total. The average Bonchev–Trinajstić information content (AvgIpc) is 2.82. The number of hydrogen-bond donors (Lipinski definition) is 1. The topological polar surface area (TPSA) is 37.9 Å². The van der Waals surface area contributed by atoms with E-state index >= 15 is 0 Å². The standard InChI is InChI=1S/C14H11FN2O/c1-18-13-9(5-4-6-10(13)15)14-16-11-7-2-3-8-12(11)17-14/h2-8H,1H3,(H,16,17). The number of rotatable bonds is 2. The van der Waals surface area contributed by atoms with E-state index in [4.69, 9.17) is 4.74 Å². The smallest absolute Gasteiger partial charge is 0.165 e. The van der Waals surface area contributed by atoms with Crippen molar-refractivity contribution in [2.75, 3.05) is 7.11 Å². The molecule has 0 amide bonds. The van der Waals surface area contributed by atoms with E-state index in [0.717, 1.165) is 11.0 Å². The molecule has 0 fully saturated rings. The number of nitrogens with zero attached hydrogens (tertiary/aromatic N) is 1. The molecule has 0 atom stereocenters. The lowest BCUT2D eigenvalue weighted by molar-refractivity contribution is 0.388. The number of H-pyrrole nitrogens is 1. The van der Waals surface area contributed by atoms with Crippen molar-refractivity contribution in [1.82, 2.24) is 9.97 Å². The molecule has 0 saturated carbocycles. The molecule has 3 rings (SSSR count). The predicted molar refractivity (Wildman–Crippen MR) is 68.0 cm³/mol. The van der Waals surface area contributed by atoms with Gasteiger partial charge in [0.15, 0.2) is 11.6 Å². The van der Waals surface area contributed by atoms with E-state index < -0.39 is 5.82 Å². The van der Waals surface area contributed by atoms with Gasteiger partial charge >= 0.3 is 0 Å². The maximum Gasteiger partial charge on any atom is 0.165 e. The molecule has 0 aliphatic carbocycles. The second-order valence-corrected chi connectivity index (χ2v) is 3.92. The van der Waals surface area contributed by atoms with E-state index in [1.54, 1.807) is 12.1 Å². The number of methoxy groups -OCH3 is 1. The van der Waals surface area contributed by atoms with Gasteiger partial charge in [-0.25, -0.2) is 9.37 Å². The van der Waals surface area contributed by atoms with Crippen molar-refractivity contribution in [1.29, 1.82) is 0 Å². The minimum atomic E-state index is -0.393. The SMILES string of the molecule is COc1c(F)cccc1-c1nc2ccccc2[nH]1. The third-order valence-electron chi connectivity index (χ3n) is 2.82. The van der Waals surface area contributed by atoms with E-state index in [-0.39, 0.29) is 5.75 Å². The van der Waals surface area contributed by atoms with E-state index in [1.165, 1.54) is 13.2 Å². The second-order valence-electron chi connectivity index (χ2n) is 3.92. The lowest BCUT2D eigenvalue weighted by atomic mass is 10.2. The van der Waals surface area contributed by atoms with Crippen LogP contribution >= 0.6 is 0 Å². The van der Waals surface area contributed by atoms with Gasteiger partial charge in [-0.3, -0.25) is 0 Å². The number of aromatic amines is 1. The van der Waals surface area contributed by atoms with Gasteiger partial charge in [0.25, 0.3) is 0 Å². The maximum atomic E-state index is 13.6. The largest absolute Gasteiger partial charge is 0.493 e. The van der Waals surface area contributed by atoms with Gasteiger partial charge in [-0.2, -0.15) is 0 Å². The summed E-state index contributed by atoms with van der Waals surface area (Å²) >= 11 is 0. The summed E-state index contributed by atoms with van der Waals surface area (Å²) in [6.45, 7) is 0. The summed E-state index contributed by atoms with van der Waals surface area (Å²) in [7, 11) is 1.45. The number of ether oxygens (including phenoxy) is 1. The Morgan fingerprint density at radius 3 is 2.72 bits per heavy atom. The molecular formula is C14H11FN2O. The van der Waals surface area contributed by atoms with Crippen molar-refractivity contribution in [2.24, 2.45) is 0 Å². The third-order valence-corrected chi connectivity index (χ3v) is 2.82. The van der Waals surface area contributed by atoms with Crippen molar-refractivity contribution in [3.05, 3.63) is 48.3 Å². The zero-order valence-electron chi connectivity index (χ0n) is 9.77. The first-order valence-corrected chi connectivity index (χ1v) is 5.57. The first kappa shape index (κ1) is 10.8. The normalized spacial score (nSPS) is 10.8. The zero-order valence-corrected chi connectivity index (χ0v) is 9.77. The molecule has 0 radical (unpaired) electrons. The van der Waals surface area contributed by atoms with Crippen LogP contribution in [0.5, 0.6) is 5.75 Å². The van der Waals surface area contributed by atoms with E-state index in [0.29, 0.717) is 11.4 Å². The Bertz CT molecular complexity index is 673. The summed E-state index contributed by atoms with van der Waals surface area (Å²) in [4.78, 5) is 7.59. The van der Waals surface area contributed by atoms with Crippen LogP contribution in [0.2, 0.25) is 0 Å². The molecule has 3 nitrogen and oxygen atoms in total. The highest BCUT2D eigenvalue weighted by Crippen LogP contribution is 2.31. The lowest BCUT2D eigenvalue weighted by Gasteiger charge is -2.06. The van der Waals surface area contributed by atoms with Gasteiger partial charge in [0.2, 0.25) is 0 Å². The molecule has 0 aliphatic heterocycles. The number of hydrogen-bond acceptors (Lipinski definition) is 2. The minimum Gasteiger partial charge on any atom is -0.493 e. The number of halogens is 1. The highest BCUT2D eigenvalue weighted by atomic mass is 19.1. The van der Waals surface area contributed by atoms with Gasteiger partial charge in [0, 0.05) is 0 Å². The lowest BCUT2D eigenvalue weighted by Crippen LogP contribution is -1.92. The molecule has 4 heteroatoms. The summed E-state index contributed by atoms with van der Waals surface area (Å²) in [5, 5.41) is 0. The molecule has 0 spiro atoms. The highest BCUT2D eigenvalue weighted by molar-refractivity contribution is 5.80. The fraction of sp³-hybridized carbons (Fsp3) is 0.0714. The number of imidazole rings is 1. The van der Waals surface area contributed by atoms with Crippen molar-refractivity contribution < 1.29 is 9.13 Å². The van der Waals surface area contributed by atoms with E-state index in [1.807, 2.05) is 24.3 Å². The van der Waals surface area contributed by atoms with Crippen LogP contribution < -0.4 is 4.74 Å². The molecular weight excluding hydrogens is 231 g/mol. The summed E-state index contributed by atoms with van der Waals surface area (Å²) in [6, 6.07) is 12.5. The summed E-state index contributed by atoms with van der Waals surface area (Å²) in [5.41, 5.74) is 2.38. The fourth-order valence-corrected chi connectivity index (χ4v) is 1.98. The summed E-state index contributed by atoms with van der Waals surface area (Å²) in [5.74, 6) is 0.416. The monoisotopic (exact) mass is 242 g/mol.